The van der Waals surface area contributed by atoms with Crippen molar-refractivity contribution in [3.8, 4) is 22.3 Å². The highest BCUT2D eigenvalue weighted by Crippen LogP contribution is 2.32. The molecule has 0 bridgehead atoms. The maximum absolute atomic E-state index is 12.9. The van der Waals surface area contributed by atoms with E-state index in [1.165, 1.54) is 11.1 Å². The first-order valence-electron chi connectivity index (χ1n) is 12.3. The molecule has 1 saturated carbocycles. The molecule has 0 heterocycles. The van der Waals surface area contributed by atoms with Crippen LogP contribution in [0.3, 0.4) is 0 Å². The standard InChI is InChI=1S/C30H34O3S/c1-22(2)34(32,33)21-24-10-14-29(15-11-24)30(31)20-23-8-12-26(13-9-23)28-18-16-27(17-19-28)25-6-4-3-5-7-25/h3-9,12-13,16-19,22,24,29H,10-11,14-15,20-21H2,1-2H3. The molecule has 4 rings (SSSR count). The second-order valence-corrected chi connectivity index (χ2v) is 12.5. The Hall–Kier alpha value is -2.72. The van der Waals surface area contributed by atoms with Crippen LogP contribution in [0.5, 0.6) is 0 Å². The largest absolute Gasteiger partial charge is 0.299 e. The third-order valence-electron chi connectivity index (χ3n) is 7.15. The summed E-state index contributed by atoms with van der Waals surface area (Å²) in [5.41, 5.74) is 5.75. The Morgan fingerprint density at radius 3 is 1.71 bits per heavy atom. The lowest BCUT2D eigenvalue weighted by Crippen LogP contribution is -2.29. The van der Waals surface area contributed by atoms with Gasteiger partial charge in [-0.15, -0.1) is 0 Å². The summed E-state index contributed by atoms with van der Waals surface area (Å²) in [4.78, 5) is 12.9. The number of benzene rings is 3. The van der Waals surface area contributed by atoms with Crippen LogP contribution in [0.15, 0.2) is 78.9 Å². The smallest absolute Gasteiger partial charge is 0.152 e. The Balaban J connectivity index is 1.31. The van der Waals surface area contributed by atoms with E-state index in [2.05, 4.69) is 60.7 Å². The zero-order valence-corrected chi connectivity index (χ0v) is 20.9. The summed E-state index contributed by atoms with van der Waals surface area (Å²) in [6.07, 6.45) is 3.74. The first-order valence-corrected chi connectivity index (χ1v) is 14.0. The molecule has 0 saturated heterocycles. The van der Waals surface area contributed by atoms with Crippen molar-refractivity contribution in [3.63, 3.8) is 0 Å². The van der Waals surface area contributed by atoms with E-state index in [0.29, 0.717) is 6.42 Å². The minimum atomic E-state index is -3.01. The summed E-state index contributed by atoms with van der Waals surface area (Å²) < 4.78 is 24.4. The van der Waals surface area contributed by atoms with Gasteiger partial charge in [-0.1, -0.05) is 78.9 Å². The van der Waals surface area contributed by atoms with Gasteiger partial charge in [0, 0.05) is 12.3 Å². The fourth-order valence-corrected chi connectivity index (χ4v) is 6.19. The van der Waals surface area contributed by atoms with Crippen LogP contribution in [0, 0.1) is 11.8 Å². The lowest BCUT2D eigenvalue weighted by molar-refractivity contribution is -0.123. The molecule has 1 fully saturated rings. The first kappa shape index (κ1) is 24.4. The van der Waals surface area contributed by atoms with Gasteiger partial charge in [0.2, 0.25) is 0 Å². The topological polar surface area (TPSA) is 51.2 Å². The van der Waals surface area contributed by atoms with Gasteiger partial charge in [0.05, 0.1) is 11.0 Å². The van der Waals surface area contributed by atoms with Gasteiger partial charge >= 0.3 is 0 Å². The summed E-state index contributed by atoms with van der Waals surface area (Å²) in [7, 11) is -3.01. The average molecular weight is 475 g/mol. The molecular formula is C30H34O3S. The van der Waals surface area contributed by atoms with E-state index in [1.807, 2.05) is 18.2 Å². The minimum absolute atomic E-state index is 0.0585. The number of carbonyl (C=O) groups excluding carboxylic acids is 1. The Morgan fingerprint density at radius 1 is 0.735 bits per heavy atom. The Labute approximate surface area is 204 Å². The van der Waals surface area contributed by atoms with Crippen molar-refractivity contribution in [2.24, 2.45) is 11.8 Å². The number of ketones is 1. The molecule has 3 aromatic carbocycles. The van der Waals surface area contributed by atoms with Crippen molar-refractivity contribution >= 4 is 15.6 Å². The summed E-state index contributed by atoms with van der Waals surface area (Å²) in [6, 6.07) is 27.2. The molecule has 4 heteroatoms. The summed E-state index contributed by atoms with van der Waals surface area (Å²) in [6.45, 7) is 3.49. The third kappa shape index (κ3) is 6.04. The zero-order valence-electron chi connectivity index (χ0n) is 20.1. The van der Waals surface area contributed by atoms with Crippen LogP contribution in [0.25, 0.3) is 22.3 Å². The quantitative estimate of drug-likeness (QED) is 0.362. The molecule has 0 aromatic heterocycles. The molecular weight excluding hydrogens is 440 g/mol. The number of hydrogen-bond acceptors (Lipinski definition) is 3. The minimum Gasteiger partial charge on any atom is -0.299 e. The second kappa shape index (κ2) is 10.7. The van der Waals surface area contributed by atoms with E-state index in [9.17, 15) is 13.2 Å². The molecule has 0 aliphatic heterocycles. The lowest BCUT2D eigenvalue weighted by Gasteiger charge is -2.28. The van der Waals surface area contributed by atoms with Crippen LogP contribution in [0.2, 0.25) is 0 Å². The molecule has 1 aliphatic rings. The van der Waals surface area contributed by atoms with Gasteiger partial charge in [-0.2, -0.15) is 0 Å². The maximum Gasteiger partial charge on any atom is 0.152 e. The van der Waals surface area contributed by atoms with Gasteiger partial charge in [-0.25, -0.2) is 8.42 Å². The number of rotatable bonds is 8. The normalized spacial score (nSPS) is 18.7. The van der Waals surface area contributed by atoms with Gasteiger partial charge < -0.3 is 0 Å². The van der Waals surface area contributed by atoms with Crippen LogP contribution in [-0.2, 0) is 21.1 Å². The highest BCUT2D eigenvalue weighted by atomic mass is 32.2. The average Bonchev–Trinajstić information content (AvgIpc) is 2.85. The fourth-order valence-electron chi connectivity index (χ4n) is 4.82. The van der Waals surface area contributed by atoms with E-state index in [4.69, 9.17) is 0 Å². The molecule has 3 nitrogen and oxygen atoms in total. The fraction of sp³-hybridized carbons (Fsp3) is 0.367. The van der Waals surface area contributed by atoms with E-state index >= 15 is 0 Å². The predicted octanol–water partition coefficient (Wildman–Crippen LogP) is 6.76. The first-order chi connectivity index (χ1) is 16.3. The van der Waals surface area contributed by atoms with Crippen molar-refractivity contribution in [1.29, 1.82) is 0 Å². The molecule has 0 amide bonds. The predicted molar refractivity (Wildman–Crippen MR) is 140 cm³/mol. The highest BCUT2D eigenvalue weighted by molar-refractivity contribution is 7.91. The van der Waals surface area contributed by atoms with E-state index in [1.54, 1.807) is 13.8 Å². The molecule has 178 valence electrons. The second-order valence-electron chi connectivity index (χ2n) is 9.88. The maximum atomic E-state index is 12.9. The molecule has 0 unspecified atom stereocenters. The van der Waals surface area contributed by atoms with Crippen LogP contribution in [-0.4, -0.2) is 25.2 Å². The van der Waals surface area contributed by atoms with Crippen LogP contribution in [0.1, 0.15) is 45.1 Å². The zero-order chi connectivity index (χ0) is 24.1. The SMILES string of the molecule is CC(C)S(=O)(=O)CC1CCC(C(=O)Cc2ccc(-c3ccc(-c4ccccc4)cc3)cc2)CC1. The molecule has 0 radical (unpaired) electrons. The van der Waals surface area contributed by atoms with E-state index < -0.39 is 9.84 Å². The van der Waals surface area contributed by atoms with Crippen molar-refractivity contribution in [1.82, 2.24) is 0 Å². The Kier molecular flexibility index (Phi) is 7.67. The molecule has 0 spiro atoms. The van der Waals surface area contributed by atoms with Gasteiger partial charge in [0.15, 0.2) is 9.84 Å². The molecule has 0 atom stereocenters. The van der Waals surface area contributed by atoms with Gasteiger partial charge in [0.25, 0.3) is 0 Å². The van der Waals surface area contributed by atoms with Crippen molar-refractivity contribution in [3.05, 3.63) is 84.4 Å². The van der Waals surface area contributed by atoms with Crippen molar-refractivity contribution in [2.45, 2.75) is 51.2 Å². The summed E-state index contributed by atoms with van der Waals surface area (Å²) in [5.74, 6) is 0.802. The molecule has 1 aliphatic carbocycles. The number of Topliss-reactive ketones (excluding diaryl/α,β-unsaturated/α-hetero) is 1. The van der Waals surface area contributed by atoms with Crippen molar-refractivity contribution in [2.75, 3.05) is 5.75 Å². The Morgan fingerprint density at radius 2 is 1.21 bits per heavy atom. The van der Waals surface area contributed by atoms with Crippen LogP contribution in [0.4, 0.5) is 0 Å². The van der Waals surface area contributed by atoms with Crippen LogP contribution >= 0.6 is 0 Å². The van der Waals surface area contributed by atoms with Gasteiger partial charge in [-0.05, 0) is 73.3 Å². The van der Waals surface area contributed by atoms with Crippen LogP contribution < -0.4 is 0 Å². The monoisotopic (exact) mass is 474 g/mol. The molecule has 3 aromatic rings. The summed E-state index contributed by atoms with van der Waals surface area (Å²) >= 11 is 0. The third-order valence-corrected chi connectivity index (χ3v) is 9.52. The summed E-state index contributed by atoms with van der Waals surface area (Å²) in [5, 5.41) is -0.323. The number of carbonyl (C=O) groups is 1. The van der Waals surface area contributed by atoms with Gasteiger partial charge in [-0.3, -0.25) is 4.79 Å². The molecule has 34 heavy (non-hydrogen) atoms. The highest BCUT2D eigenvalue weighted by Gasteiger charge is 2.29. The Bertz CT molecular complexity index is 1190. The number of hydrogen-bond donors (Lipinski definition) is 0. The number of sulfone groups is 1. The van der Waals surface area contributed by atoms with Crippen molar-refractivity contribution < 1.29 is 13.2 Å². The van der Waals surface area contributed by atoms with Gasteiger partial charge in [0.1, 0.15) is 5.78 Å². The van der Waals surface area contributed by atoms with E-state index in [0.717, 1.165) is 42.4 Å². The van der Waals surface area contributed by atoms with E-state index in [-0.39, 0.29) is 28.6 Å². The molecule has 0 N–H and O–H groups in total. The lowest BCUT2D eigenvalue weighted by atomic mass is 9.79.